The first kappa shape index (κ1) is 40.7. The number of aliphatic imine (C=N–C) groups is 2. The molecule has 232 valence electrons. The standard InChI is InChI=1S/C32H42N4.2C2H5O.Zr/c1-21-13-11-14-22(2)31(21)35-27(7)19-25(5)33-29-17-9-10-18-30(29)34-26(6)20-28(8)36-32-23(3)15-12-16-24(32)4;2*1-2-3;/h11-16,19-20,29-30H,9-10,17-18H2,1-8H3;2*2H2,1H3;/q-2;2*-1;+4/b25-19-,26-20-,35-27?,36-28?;;;/t29-,30-;;;/m0.../s1. The third-order valence-electron chi connectivity index (χ3n) is 6.72. The summed E-state index contributed by atoms with van der Waals surface area (Å²) in [5, 5.41) is 28.1. The van der Waals surface area contributed by atoms with Gasteiger partial charge in [0, 0.05) is 11.4 Å². The minimum Gasteiger partial charge on any atom is -0.855 e. The number of hydrogen-bond acceptors (Lipinski definition) is 4. The molecular weight excluding hydrogens is 612 g/mol. The van der Waals surface area contributed by atoms with Gasteiger partial charge in [0.2, 0.25) is 0 Å². The third kappa shape index (κ3) is 15.3. The largest absolute Gasteiger partial charge is 4.00 e. The summed E-state index contributed by atoms with van der Waals surface area (Å²) >= 11 is 0. The summed E-state index contributed by atoms with van der Waals surface area (Å²) < 4.78 is 0. The molecule has 0 spiro atoms. The predicted molar refractivity (Wildman–Crippen MR) is 179 cm³/mol. The van der Waals surface area contributed by atoms with Crippen LogP contribution in [-0.4, -0.2) is 36.7 Å². The molecule has 43 heavy (non-hydrogen) atoms. The zero-order valence-electron chi connectivity index (χ0n) is 28.1. The van der Waals surface area contributed by atoms with Gasteiger partial charge >= 0.3 is 26.2 Å². The first-order valence-electron chi connectivity index (χ1n) is 15.1. The summed E-state index contributed by atoms with van der Waals surface area (Å²) in [5.74, 6) is 0. The molecule has 3 rings (SSSR count). The smallest absolute Gasteiger partial charge is 0.855 e. The fraction of sp³-hybridized carbons (Fsp3) is 0.500. The summed E-state index contributed by atoms with van der Waals surface area (Å²) in [5.41, 5.74) is 10.9. The number of allylic oxidation sites excluding steroid dienone is 4. The molecule has 0 radical (unpaired) electrons. The molecule has 0 N–H and O–H groups in total. The Bertz CT molecular complexity index is 1100. The van der Waals surface area contributed by atoms with E-state index in [2.05, 4.69) is 104 Å². The molecule has 0 unspecified atom stereocenters. The molecule has 2 aromatic rings. The number of benzene rings is 2. The maximum absolute atomic E-state index is 8.93. The fourth-order valence-corrected chi connectivity index (χ4v) is 4.98. The molecular formula is C36H52N4O2Zr. The van der Waals surface area contributed by atoms with Crippen LogP contribution in [0, 0.1) is 27.7 Å². The summed E-state index contributed by atoms with van der Waals surface area (Å²) in [6, 6.07) is 13.0. The van der Waals surface area contributed by atoms with Crippen LogP contribution in [0.2, 0.25) is 0 Å². The molecule has 1 aliphatic carbocycles. The fourth-order valence-electron chi connectivity index (χ4n) is 4.98. The maximum atomic E-state index is 8.93. The monoisotopic (exact) mass is 662 g/mol. The second-order valence-electron chi connectivity index (χ2n) is 10.8. The molecule has 6 nitrogen and oxygen atoms in total. The number of aryl methyl sites for hydroxylation is 4. The Morgan fingerprint density at radius 3 is 1.23 bits per heavy atom. The zero-order chi connectivity index (χ0) is 31.7. The minimum absolute atomic E-state index is 0. The van der Waals surface area contributed by atoms with Gasteiger partial charge in [-0.2, -0.15) is 11.4 Å². The van der Waals surface area contributed by atoms with E-state index < -0.39 is 0 Å². The first-order valence-corrected chi connectivity index (χ1v) is 15.1. The van der Waals surface area contributed by atoms with Crippen molar-refractivity contribution in [2.45, 2.75) is 107 Å². The number of nitrogens with zero attached hydrogens (tertiary/aromatic N) is 4. The molecule has 0 amide bonds. The van der Waals surface area contributed by atoms with Crippen LogP contribution in [-0.2, 0) is 26.2 Å². The average Bonchev–Trinajstić information content (AvgIpc) is 2.90. The summed E-state index contributed by atoms with van der Waals surface area (Å²) in [7, 11) is 0. The SMILES string of the molecule is CC(/C=C(/C)[N-][C@H]1CCCC[C@@H]1[N-]/C(C)=C\C(C)=Nc1c(C)cccc1C)=Nc1c(C)cccc1C.CC[O-].CC[O-].[Zr+4]. The Balaban J connectivity index is 0.00000232. The molecule has 0 saturated heterocycles. The van der Waals surface area contributed by atoms with Crippen molar-refractivity contribution in [3.05, 3.63) is 92.8 Å². The van der Waals surface area contributed by atoms with E-state index >= 15 is 0 Å². The van der Waals surface area contributed by atoms with E-state index in [9.17, 15) is 0 Å². The quantitative estimate of drug-likeness (QED) is 0.265. The van der Waals surface area contributed by atoms with Crippen molar-refractivity contribution >= 4 is 22.8 Å². The van der Waals surface area contributed by atoms with Crippen LogP contribution < -0.4 is 10.2 Å². The van der Waals surface area contributed by atoms with Crippen molar-refractivity contribution in [1.82, 2.24) is 0 Å². The van der Waals surface area contributed by atoms with Crippen molar-refractivity contribution in [1.29, 1.82) is 0 Å². The predicted octanol–water partition coefficient (Wildman–Crippen LogP) is 8.40. The van der Waals surface area contributed by atoms with Gasteiger partial charge in [-0.15, -0.1) is 25.3 Å². The van der Waals surface area contributed by atoms with Crippen LogP contribution in [0.15, 0.2) is 69.9 Å². The normalized spacial score (nSPS) is 17.5. The number of para-hydroxylation sites is 2. The first-order chi connectivity index (χ1) is 20.0. The maximum Gasteiger partial charge on any atom is 4.00 e. The van der Waals surface area contributed by atoms with Crippen LogP contribution in [0.25, 0.3) is 10.6 Å². The van der Waals surface area contributed by atoms with E-state index in [1.54, 1.807) is 13.8 Å². The Hall–Kier alpha value is -2.34. The van der Waals surface area contributed by atoms with Crippen LogP contribution in [0.3, 0.4) is 0 Å². The van der Waals surface area contributed by atoms with E-state index in [4.69, 9.17) is 30.8 Å². The van der Waals surface area contributed by atoms with Crippen LogP contribution in [0.5, 0.6) is 0 Å². The Kier molecular flexibility index (Phi) is 21.0. The van der Waals surface area contributed by atoms with Crippen molar-refractivity contribution in [3.63, 3.8) is 0 Å². The van der Waals surface area contributed by atoms with Crippen LogP contribution >= 0.6 is 0 Å². The van der Waals surface area contributed by atoms with Gasteiger partial charge in [0.1, 0.15) is 0 Å². The van der Waals surface area contributed by atoms with Gasteiger partial charge in [-0.05, 0) is 63.8 Å². The number of rotatable bonds is 8. The Labute approximate surface area is 281 Å². The van der Waals surface area contributed by atoms with Crippen molar-refractivity contribution in [2.75, 3.05) is 13.2 Å². The molecule has 1 saturated carbocycles. The van der Waals surface area contributed by atoms with E-state index in [0.717, 1.165) is 47.0 Å². The average molecular weight is 664 g/mol. The number of hydrogen-bond donors (Lipinski definition) is 0. The second-order valence-corrected chi connectivity index (χ2v) is 10.8. The summed E-state index contributed by atoms with van der Waals surface area (Å²) in [6.07, 6.45) is 8.77. The third-order valence-corrected chi connectivity index (χ3v) is 6.72. The van der Waals surface area contributed by atoms with E-state index in [1.807, 2.05) is 0 Å². The molecule has 0 aromatic heterocycles. The second kappa shape index (κ2) is 22.2. The van der Waals surface area contributed by atoms with E-state index in [-0.39, 0.29) is 51.5 Å². The molecule has 7 heteroatoms. The summed E-state index contributed by atoms with van der Waals surface area (Å²) in [4.78, 5) is 9.74. The van der Waals surface area contributed by atoms with Gasteiger partial charge in [0.15, 0.2) is 0 Å². The molecule has 0 heterocycles. The molecule has 2 atom stereocenters. The molecule has 0 aliphatic heterocycles. The Morgan fingerprint density at radius 1 is 0.674 bits per heavy atom. The van der Waals surface area contributed by atoms with Crippen molar-refractivity contribution in [3.8, 4) is 0 Å². The van der Waals surface area contributed by atoms with Gasteiger partial charge in [0.25, 0.3) is 0 Å². The van der Waals surface area contributed by atoms with Crippen molar-refractivity contribution in [2.24, 2.45) is 9.98 Å². The van der Waals surface area contributed by atoms with Crippen LogP contribution in [0.1, 0.15) is 89.5 Å². The zero-order valence-corrected chi connectivity index (χ0v) is 30.6. The summed E-state index contributed by atoms with van der Waals surface area (Å²) in [6.45, 7) is 19.9. The molecule has 2 aromatic carbocycles. The molecule has 0 bridgehead atoms. The molecule has 1 aliphatic rings. The topological polar surface area (TPSA) is 99.0 Å². The van der Waals surface area contributed by atoms with Gasteiger partial charge < -0.3 is 20.8 Å². The van der Waals surface area contributed by atoms with Gasteiger partial charge in [-0.3, -0.25) is 9.98 Å². The van der Waals surface area contributed by atoms with E-state index in [1.165, 1.54) is 35.1 Å². The minimum atomic E-state index is 0. The van der Waals surface area contributed by atoms with Gasteiger partial charge in [-0.25, -0.2) is 0 Å². The van der Waals surface area contributed by atoms with E-state index in [0.29, 0.717) is 0 Å². The Morgan fingerprint density at radius 2 is 0.953 bits per heavy atom. The van der Waals surface area contributed by atoms with Gasteiger partial charge in [-0.1, -0.05) is 102 Å². The van der Waals surface area contributed by atoms with Crippen molar-refractivity contribution < 1.29 is 36.4 Å². The van der Waals surface area contributed by atoms with Gasteiger partial charge in [0.05, 0.1) is 11.4 Å². The molecule has 1 fully saturated rings. The van der Waals surface area contributed by atoms with Crippen LogP contribution in [0.4, 0.5) is 11.4 Å².